The van der Waals surface area contributed by atoms with Crippen LogP contribution >= 0.6 is 0 Å². The topological polar surface area (TPSA) is 123 Å². The molecule has 0 amide bonds. The summed E-state index contributed by atoms with van der Waals surface area (Å²) < 4.78 is 34.4. The van der Waals surface area contributed by atoms with Crippen LogP contribution in [0.25, 0.3) is 0 Å². The van der Waals surface area contributed by atoms with Crippen molar-refractivity contribution in [2.24, 2.45) is 0 Å². The third-order valence-electron chi connectivity index (χ3n) is 3.65. The smallest absolute Gasteiger partial charge is 0.242 e. The minimum absolute atomic E-state index is 0.00949. The Bertz CT molecular complexity index is 869. The zero-order chi connectivity index (χ0) is 17.2. The molecule has 126 valence electrons. The zero-order valence-corrected chi connectivity index (χ0v) is 13.8. The van der Waals surface area contributed by atoms with E-state index in [-0.39, 0.29) is 17.2 Å². The van der Waals surface area contributed by atoms with Gasteiger partial charge in [-0.25, -0.2) is 27.8 Å². The molecule has 1 aliphatic rings. The molecule has 3 rings (SSSR count). The van der Waals surface area contributed by atoms with Gasteiger partial charge in [0.1, 0.15) is 29.1 Å². The standard InChI is InChI=1S/C14H16N6O3S/c1-23-9-13-17-14-12(3-2-6-20(14)18-13)19-24(21,22)11-5-4-10(7-15)16-8-11/h4-5,8,12,19H,2-3,6,9H2,1H3. The van der Waals surface area contributed by atoms with E-state index in [2.05, 4.69) is 19.8 Å². The highest BCUT2D eigenvalue weighted by molar-refractivity contribution is 7.89. The number of hydrogen-bond acceptors (Lipinski definition) is 7. The lowest BCUT2D eigenvalue weighted by atomic mass is 10.1. The average Bonchev–Trinajstić information content (AvgIpc) is 2.99. The van der Waals surface area contributed by atoms with Crippen LogP contribution in [0.2, 0.25) is 0 Å². The number of aryl methyl sites for hydroxylation is 1. The molecule has 0 bridgehead atoms. The fraction of sp³-hybridized carbons (Fsp3) is 0.429. The SMILES string of the molecule is COCc1nc2n(n1)CCCC2NS(=O)(=O)c1ccc(C#N)nc1. The van der Waals surface area contributed by atoms with Crippen molar-refractivity contribution in [3.05, 3.63) is 35.7 Å². The van der Waals surface area contributed by atoms with Crippen LogP contribution in [0, 0.1) is 11.3 Å². The molecule has 0 saturated carbocycles. The lowest BCUT2D eigenvalue weighted by Gasteiger charge is -2.22. The molecule has 1 atom stereocenters. The van der Waals surface area contributed by atoms with Crippen molar-refractivity contribution in [3.63, 3.8) is 0 Å². The number of nitrogens with one attached hydrogen (secondary N) is 1. The molecule has 1 unspecified atom stereocenters. The van der Waals surface area contributed by atoms with Gasteiger partial charge in [-0.15, -0.1) is 0 Å². The van der Waals surface area contributed by atoms with Gasteiger partial charge < -0.3 is 4.74 Å². The third kappa shape index (κ3) is 3.28. The van der Waals surface area contributed by atoms with E-state index in [1.807, 2.05) is 6.07 Å². The van der Waals surface area contributed by atoms with E-state index in [1.54, 1.807) is 11.8 Å². The molecule has 3 heterocycles. The Labute approximate surface area is 139 Å². The van der Waals surface area contributed by atoms with Gasteiger partial charge in [0.05, 0.1) is 6.04 Å². The van der Waals surface area contributed by atoms with Crippen molar-refractivity contribution in [1.82, 2.24) is 24.5 Å². The van der Waals surface area contributed by atoms with Gasteiger partial charge in [-0.05, 0) is 25.0 Å². The first-order valence-corrected chi connectivity index (χ1v) is 8.83. The number of rotatable bonds is 5. The maximum absolute atomic E-state index is 12.5. The van der Waals surface area contributed by atoms with Crippen LogP contribution in [-0.4, -0.2) is 35.3 Å². The van der Waals surface area contributed by atoms with Crippen LogP contribution < -0.4 is 4.72 Å². The molecule has 0 aliphatic carbocycles. The van der Waals surface area contributed by atoms with E-state index in [1.165, 1.54) is 18.3 Å². The molecule has 1 aliphatic heterocycles. The Morgan fingerprint density at radius 2 is 2.33 bits per heavy atom. The van der Waals surface area contributed by atoms with Crippen molar-refractivity contribution in [2.75, 3.05) is 7.11 Å². The highest BCUT2D eigenvalue weighted by Crippen LogP contribution is 2.25. The van der Waals surface area contributed by atoms with Crippen molar-refractivity contribution in [2.45, 2.75) is 36.9 Å². The fourth-order valence-corrected chi connectivity index (χ4v) is 3.73. The number of pyridine rings is 1. The van der Waals surface area contributed by atoms with Crippen molar-refractivity contribution in [1.29, 1.82) is 5.26 Å². The highest BCUT2D eigenvalue weighted by atomic mass is 32.2. The molecular weight excluding hydrogens is 332 g/mol. The summed E-state index contributed by atoms with van der Waals surface area (Å²) in [4.78, 5) is 8.18. The second-order valence-electron chi connectivity index (χ2n) is 5.35. The van der Waals surface area contributed by atoms with Crippen LogP contribution in [-0.2, 0) is 27.9 Å². The zero-order valence-electron chi connectivity index (χ0n) is 13.0. The minimum Gasteiger partial charge on any atom is -0.377 e. The average molecular weight is 348 g/mol. The van der Waals surface area contributed by atoms with Crippen LogP contribution in [0.1, 0.15) is 36.2 Å². The molecule has 0 aromatic carbocycles. The summed E-state index contributed by atoms with van der Waals surface area (Å²) in [6, 6.07) is 4.12. The largest absolute Gasteiger partial charge is 0.377 e. The molecule has 0 radical (unpaired) electrons. The van der Waals surface area contributed by atoms with Crippen LogP contribution in [0.15, 0.2) is 23.2 Å². The Balaban J connectivity index is 1.84. The fourth-order valence-electron chi connectivity index (χ4n) is 2.56. The molecule has 2 aromatic rings. The first-order chi connectivity index (χ1) is 11.5. The van der Waals surface area contributed by atoms with E-state index >= 15 is 0 Å². The summed E-state index contributed by atoms with van der Waals surface area (Å²) in [6.45, 7) is 0.974. The van der Waals surface area contributed by atoms with E-state index in [4.69, 9.17) is 10.00 Å². The Kier molecular flexibility index (Phi) is 4.57. The normalized spacial score (nSPS) is 17.2. The molecule has 2 aromatic heterocycles. The number of aromatic nitrogens is 4. The van der Waals surface area contributed by atoms with Crippen molar-refractivity contribution in [3.8, 4) is 6.07 Å². The number of nitrogens with zero attached hydrogens (tertiary/aromatic N) is 5. The quantitative estimate of drug-likeness (QED) is 0.835. The van der Waals surface area contributed by atoms with E-state index in [0.717, 1.165) is 6.42 Å². The second-order valence-corrected chi connectivity index (χ2v) is 7.06. The molecule has 9 nitrogen and oxygen atoms in total. The summed E-state index contributed by atoms with van der Waals surface area (Å²) in [7, 11) is -2.21. The lowest BCUT2D eigenvalue weighted by Crippen LogP contribution is -2.33. The molecule has 10 heteroatoms. The van der Waals surface area contributed by atoms with E-state index in [0.29, 0.717) is 24.6 Å². The van der Waals surface area contributed by atoms with E-state index in [9.17, 15) is 8.42 Å². The van der Waals surface area contributed by atoms with Gasteiger partial charge in [0.25, 0.3) is 0 Å². The minimum atomic E-state index is -3.76. The second kappa shape index (κ2) is 6.64. The summed E-state index contributed by atoms with van der Waals surface area (Å²) in [5, 5.41) is 13.1. The van der Waals surface area contributed by atoms with E-state index < -0.39 is 16.1 Å². The number of fused-ring (bicyclic) bond motifs is 1. The van der Waals surface area contributed by atoms with Gasteiger partial charge in [0, 0.05) is 19.9 Å². The summed E-state index contributed by atoms with van der Waals surface area (Å²) in [5.74, 6) is 1.11. The number of hydrogen-bond donors (Lipinski definition) is 1. The Morgan fingerprint density at radius 3 is 3.00 bits per heavy atom. The predicted octanol–water partition coefficient (Wildman–Crippen LogP) is 0.505. The van der Waals surface area contributed by atoms with Gasteiger partial charge >= 0.3 is 0 Å². The van der Waals surface area contributed by atoms with Gasteiger partial charge in [-0.2, -0.15) is 10.4 Å². The molecule has 0 spiro atoms. The monoisotopic (exact) mass is 348 g/mol. The van der Waals surface area contributed by atoms with Crippen molar-refractivity contribution < 1.29 is 13.2 Å². The summed E-state index contributed by atoms with van der Waals surface area (Å²) >= 11 is 0. The van der Waals surface area contributed by atoms with Gasteiger partial charge in [0.2, 0.25) is 10.0 Å². The molecule has 0 fully saturated rings. The van der Waals surface area contributed by atoms with Crippen LogP contribution in [0.3, 0.4) is 0 Å². The van der Waals surface area contributed by atoms with Gasteiger partial charge in [-0.1, -0.05) is 0 Å². The Hall–Kier alpha value is -2.35. The first-order valence-electron chi connectivity index (χ1n) is 7.34. The molecule has 24 heavy (non-hydrogen) atoms. The Morgan fingerprint density at radius 1 is 1.50 bits per heavy atom. The van der Waals surface area contributed by atoms with Gasteiger partial charge in [0.15, 0.2) is 5.82 Å². The summed E-state index contributed by atoms with van der Waals surface area (Å²) in [5.41, 5.74) is 0.163. The number of nitriles is 1. The number of ether oxygens (including phenoxy) is 1. The molecule has 1 N–H and O–H groups in total. The maximum Gasteiger partial charge on any atom is 0.242 e. The third-order valence-corrected chi connectivity index (χ3v) is 5.11. The van der Waals surface area contributed by atoms with Gasteiger partial charge in [-0.3, -0.25) is 0 Å². The highest BCUT2D eigenvalue weighted by Gasteiger charge is 2.29. The number of methoxy groups -OCH3 is 1. The first kappa shape index (κ1) is 16.5. The predicted molar refractivity (Wildman–Crippen MR) is 82.0 cm³/mol. The van der Waals surface area contributed by atoms with Crippen LogP contribution in [0.4, 0.5) is 0 Å². The molecular formula is C14H16N6O3S. The number of sulfonamides is 1. The lowest BCUT2D eigenvalue weighted by molar-refractivity contribution is 0.177. The molecule has 0 saturated heterocycles. The van der Waals surface area contributed by atoms with Crippen molar-refractivity contribution >= 4 is 10.0 Å². The maximum atomic E-state index is 12.5. The summed E-state index contributed by atoms with van der Waals surface area (Å²) in [6.07, 6.45) is 2.60. The van der Waals surface area contributed by atoms with Crippen LogP contribution in [0.5, 0.6) is 0 Å².